The zero-order chi connectivity index (χ0) is 52.2. The van der Waals surface area contributed by atoms with Gasteiger partial charge in [-0.1, -0.05) is 246 Å². The summed E-state index contributed by atoms with van der Waals surface area (Å²) < 4.78 is 16.9. The molecule has 72 heavy (non-hydrogen) atoms. The third-order valence-electron chi connectivity index (χ3n) is 12.5. The fraction of sp³-hybridized carbons (Fsp3) is 0.682. The number of rotatable bonds is 53. The molecule has 0 rings (SSSR count). The van der Waals surface area contributed by atoms with Crippen molar-refractivity contribution in [1.82, 2.24) is 0 Å². The van der Waals surface area contributed by atoms with Crippen molar-refractivity contribution >= 4 is 17.9 Å². The van der Waals surface area contributed by atoms with E-state index in [4.69, 9.17) is 14.2 Å². The van der Waals surface area contributed by atoms with Crippen molar-refractivity contribution in [3.63, 3.8) is 0 Å². The van der Waals surface area contributed by atoms with E-state index in [2.05, 4.69) is 130 Å². The number of hydrogen-bond donors (Lipinski definition) is 0. The summed E-state index contributed by atoms with van der Waals surface area (Å²) in [5, 5.41) is 0. The number of carbonyl (C=O) groups is 3. The summed E-state index contributed by atoms with van der Waals surface area (Å²) in [6, 6.07) is 0. The van der Waals surface area contributed by atoms with E-state index in [1.165, 1.54) is 96.3 Å². The van der Waals surface area contributed by atoms with Crippen LogP contribution in [0.3, 0.4) is 0 Å². The molecule has 6 nitrogen and oxygen atoms in total. The van der Waals surface area contributed by atoms with Crippen LogP contribution in [-0.4, -0.2) is 37.2 Å². The first kappa shape index (κ1) is 68.1. The molecule has 6 heteroatoms. The number of hydrogen-bond acceptors (Lipinski definition) is 6. The molecule has 0 spiro atoms. The third kappa shape index (κ3) is 57.0. The average molecular weight is 1000 g/mol. The molecule has 0 heterocycles. The van der Waals surface area contributed by atoms with Gasteiger partial charge in [-0.15, -0.1) is 0 Å². The van der Waals surface area contributed by atoms with Gasteiger partial charge in [0, 0.05) is 19.3 Å². The van der Waals surface area contributed by atoms with E-state index >= 15 is 0 Å². The molecule has 0 aromatic rings. The van der Waals surface area contributed by atoms with Gasteiger partial charge in [-0.25, -0.2) is 0 Å². The van der Waals surface area contributed by atoms with E-state index < -0.39 is 6.10 Å². The van der Waals surface area contributed by atoms with Crippen LogP contribution in [0.1, 0.15) is 271 Å². The van der Waals surface area contributed by atoms with Crippen molar-refractivity contribution in [2.75, 3.05) is 13.2 Å². The number of carbonyl (C=O) groups excluding carboxylic acids is 3. The molecule has 0 aliphatic rings. The van der Waals surface area contributed by atoms with Crippen molar-refractivity contribution in [2.24, 2.45) is 0 Å². The highest BCUT2D eigenvalue weighted by atomic mass is 16.6. The van der Waals surface area contributed by atoms with Gasteiger partial charge in [-0.2, -0.15) is 0 Å². The SMILES string of the molecule is CC/C=C\C/C=C\C/C=C\C/C=C\CCCCCCCCCCCCC(=O)OCC(COC(=O)CCCCCCC/C=C\CCC)OC(=O)CCCCCCCCCC/C=C\C/C=C\C/C=C\C/C=C\CC. The Morgan fingerprint density at radius 1 is 0.292 bits per heavy atom. The van der Waals surface area contributed by atoms with Crippen molar-refractivity contribution in [1.29, 1.82) is 0 Å². The zero-order valence-electron chi connectivity index (χ0n) is 46.9. The second kappa shape index (κ2) is 59.6. The van der Waals surface area contributed by atoms with Gasteiger partial charge in [0.1, 0.15) is 13.2 Å². The topological polar surface area (TPSA) is 78.9 Å². The van der Waals surface area contributed by atoms with Gasteiger partial charge in [0.2, 0.25) is 0 Å². The van der Waals surface area contributed by atoms with Crippen molar-refractivity contribution in [3.05, 3.63) is 109 Å². The molecule has 0 saturated heterocycles. The molecular formula is C66H110O6. The van der Waals surface area contributed by atoms with Crippen LogP contribution in [0.15, 0.2) is 109 Å². The predicted octanol–water partition coefficient (Wildman–Crippen LogP) is 20.3. The minimum absolute atomic E-state index is 0.0870. The molecular weight excluding hydrogens is 889 g/mol. The molecule has 0 fully saturated rings. The molecule has 1 unspecified atom stereocenters. The first-order valence-electron chi connectivity index (χ1n) is 29.9. The molecule has 0 aliphatic carbocycles. The normalized spacial score (nSPS) is 12.9. The monoisotopic (exact) mass is 999 g/mol. The highest BCUT2D eigenvalue weighted by Crippen LogP contribution is 2.15. The maximum Gasteiger partial charge on any atom is 0.306 e. The minimum atomic E-state index is -0.789. The maximum absolute atomic E-state index is 12.9. The number of unbranched alkanes of at least 4 members (excludes halogenated alkanes) is 24. The van der Waals surface area contributed by atoms with Gasteiger partial charge >= 0.3 is 17.9 Å². The molecule has 1 atom stereocenters. The summed E-state index contributed by atoms with van der Waals surface area (Å²) >= 11 is 0. The van der Waals surface area contributed by atoms with Gasteiger partial charge in [0.25, 0.3) is 0 Å². The highest BCUT2D eigenvalue weighted by Gasteiger charge is 2.19. The van der Waals surface area contributed by atoms with Crippen LogP contribution < -0.4 is 0 Å². The van der Waals surface area contributed by atoms with Crippen LogP contribution in [0.2, 0.25) is 0 Å². The molecule has 0 saturated carbocycles. The Morgan fingerprint density at radius 2 is 0.542 bits per heavy atom. The summed E-state index contributed by atoms with van der Waals surface area (Å²) in [6.45, 7) is 6.34. The molecule has 0 amide bonds. The summed E-state index contributed by atoms with van der Waals surface area (Å²) in [5.41, 5.74) is 0. The number of ether oxygens (including phenoxy) is 3. The standard InChI is InChI=1S/C66H110O6/c1-4-7-10-13-16-19-22-24-26-28-30-32-33-35-36-38-40-42-44-47-50-53-56-59-65(68)71-62-63(61-70-64(67)58-55-52-49-46-21-18-15-12-9-6-3)72-66(69)60-57-54-51-48-45-43-41-39-37-34-31-29-27-25-23-20-17-14-11-8-5-2/h7-8,10-12,15-17,19-20,24-27,30-32,34,63H,4-6,9,13-14,18,21-23,28-29,33,35-62H2,1-3H3/b10-7-,11-8-,15-12-,19-16-,20-17-,26-24-,27-25-,32-30-,34-31-. The number of esters is 3. The first-order chi connectivity index (χ1) is 35.5. The fourth-order valence-electron chi connectivity index (χ4n) is 8.07. The van der Waals surface area contributed by atoms with Gasteiger partial charge in [-0.05, 0) is 116 Å². The van der Waals surface area contributed by atoms with Crippen LogP contribution in [0.4, 0.5) is 0 Å². The van der Waals surface area contributed by atoms with E-state index in [-0.39, 0.29) is 31.1 Å². The number of allylic oxidation sites excluding steroid dienone is 18. The molecule has 0 aromatic carbocycles. The molecule has 0 N–H and O–H groups in total. The molecule has 0 bridgehead atoms. The highest BCUT2D eigenvalue weighted by molar-refractivity contribution is 5.71. The maximum atomic E-state index is 12.9. The van der Waals surface area contributed by atoms with Crippen LogP contribution >= 0.6 is 0 Å². The Morgan fingerprint density at radius 3 is 0.861 bits per heavy atom. The van der Waals surface area contributed by atoms with E-state index in [0.29, 0.717) is 19.3 Å². The van der Waals surface area contributed by atoms with E-state index in [1.807, 2.05) is 0 Å². The van der Waals surface area contributed by atoms with Crippen molar-refractivity contribution in [3.8, 4) is 0 Å². The quantitative estimate of drug-likeness (QED) is 0.0261. The van der Waals surface area contributed by atoms with Crippen molar-refractivity contribution < 1.29 is 28.6 Å². The second-order valence-corrected chi connectivity index (χ2v) is 19.5. The Labute approximate surface area is 444 Å². The molecule has 0 radical (unpaired) electrons. The van der Waals surface area contributed by atoms with E-state index in [0.717, 1.165) is 135 Å². The lowest BCUT2D eigenvalue weighted by atomic mass is 10.1. The summed E-state index contributed by atoms with van der Waals surface area (Å²) in [4.78, 5) is 38.2. The van der Waals surface area contributed by atoms with Gasteiger partial charge < -0.3 is 14.2 Å². The molecule has 0 aromatic heterocycles. The van der Waals surface area contributed by atoms with E-state index in [1.54, 1.807) is 0 Å². The average Bonchev–Trinajstić information content (AvgIpc) is 3.38. The van der Waals surface area contributed by atoms with Gasteiger partial charge in [-0.3, -0.25) is 14.4 Å². The van der Waals surface area contributed by atoms with Crippen LogP contribution in [0.25, 0.3) is 0 Å². The Bertz CT molecular complexity index is 1470. The Hall–Kier alpha value is -3.93. The lowest BCUT2D eigenvalue weighted by Crippen LogP contribution is -2.30. The Balaban J connectivity index is 4.31. The lowest BCUT2D eigenvalue weighted by molar-refractivity contribution is -0.167. The van der Waals surface area contributed by atoms with Crippen LogP contribution in [-0.2, 0) is 28.6 Å². The van der Waals surface area contributed by atoms with E-state index in [9.17, 15) is 14.4 Å². The first-order valence-corrected chi connectivity index (χ1v) is 29.9. The van der Waals surface area contributed by atoms with Crippen molar-refractivity contribution in [2.45, 2.75) is 277 Å². The third-order valence-corrected chi connectivity index (χ3v) is 12.5. The smallest absolute Gasteiger partial charge is 0.306 e. The zero-order valence-corrected chi connectivity index (χ0v) is 46.9. The largest absolute Gasteiger partial charge is 0.462 e. The second-order valence-electron chi connectivity index (χ2n) is 19.5. The lowest BCUT2D eigenvalue weighted by Gasteiger charge is -2.18. The fourth-order valence-corrected chi connectivity index (χ4v) is 8.07. The Kier molecular flexibility index (Phi) is 56.4. The van der Waals surface area contributed by atoms with Crippen LogP contribution in [0, 0.1) is 0 Å². The van der Waals surface area contributed by atoms with Gasteiger partial charge in [0.05, 0.1) is 0 Å². The molecule has 410 valence electrons. The summed E-state index contributed by atoms with van der Waals surface area (Å²) in [6.07, 6.45) is 80.9. The molecule has 0 aliphatic heterocycles. The summed E-state index contributed by atoms with van der Waals surface area (Å²) in [5.74, 6) is -0.908. The minimum Gasteiger partial charge on any atom is -0.462 e. The predicted molar refractivity (Wildman–Crippen MR) is 311 cm³/mol. The van der Waals surface area contributed by atoms with Crippen LogP contribution in [0.5, 0.6) is 0 Å². The van der Waals surface area contributed by atoms with Gasteiger partial charge in [0.15, 0.2) is 6.10 Å². The summed E-state index contributed by atoms with van der Waals surface area (Å²) in [7, 11) is 0.